The van der Waals surface area contributed by atoms with E-state index in [2.05, 4.69) is 11.9 Å². The van der Waals surface area contributed by atoms with Crippen molar-refractivity contribution in [2.75, 3.05) is 13.2 Å². The van der Waals surface area contributed by atoms with Crippen molar-refractivity contribution in [1.82, 2.24) is 5.32 Å². The van der Waals surface area contributed by atoms with E-state index in [4.69, 9.17) is 18.9 Å². The van der Waals surface area contributed by atoms with Gasteiger partial charge < -0.3 is 24.3 Å². The fourth-order valence-electron chi connectivity index (χ4n) is 4.02. The second-order valence-corrected chi connectivity index (χ2v) is 7.84. The third-order valence-corrected chi connectivity index (χ3v) is 5.19. The van der Waals surface area contributed by atoms with Gasteiger partial charge in [-0.1, -0.05) is 36.4 Å². The largest absolute Gasteiger partial charge is 0.371 e. The summed E-state index contributed by atoms with van der Waals surface area (Å²) in [5.74, 6) is -0.855. The molecule has 1 amide bonds. The summed E-state index contributed by atoms with van der Waals surface area (Å²) < 4.78 is 24.5. The van der Waals surface area contributed by atoms with Gasteiger partial charge in [-0.05, 0) is 26.3 Å². The van der Waals surface area contributed by atoms with E-state index < -0.39 is 11.4 Å². The molecular weight excluding hydrogens is 358 g/mol. The molecule has 1 aliphatic heterocycles. The van der Waals surface area contributed by atoms with Crippen molar-refractivity contribution < 1.29 is 23.7 Å². The van der Waals surface area contributed by atoms with Crippen LogP contribution in [0.3, 0.4) is 0 Å². The standard InChI is InChI=1S/C22H31NO5/c1-5-12-25-17-13-22(20(24)23-6-2,26-15-16-10-8-7-9-11-16)14-18-19(17)28-21(3,4)27-18/h5,7-11,17-19H,1,6,12-15H2,2-4H3,(H,23,24)/t17-,18+,19-,22+/m0/s1. The van der Waals surface area contributed by atoms with Gasteiger partial charge in [0, 0.05) is 19.4 Å². The minimum atomic E-state index is -1.04. The van der Waals surface area contributed by atoms with Gasteiger partial charge in [0.05, 0.1) is 25.4 Å². The number of likely N-dealkylation sites (N-methyl/N-ethyl adjacent to an activating group) is 1. The van der Waals surface area contributed by atoms with Crippen molar-refractivity contribution in [2.24, 2.45) is 0 Å². The molecule has 28 heavy (non-hydrogen) atoms. The van der Waals surface area contributed by atoms with Crippen LogP contribution in [0.5, 0.6) is 0 Å². The third-order valence-electron chi connectivity index (χ3n) is 5.19. The zero-order valence-corrected chi connectivity index (χ0v) is 17.0. The van der Waals surface area contributed by atoms with E-state index in [0.29, 0.717) is 32.6 Å². The molecule has 0 unspecified atom stereocenters. The van der Waals surface area contributed by atoms with Gasteiger partial charge in [-0.3, -0.25) is 4.79 Å². The molecule has 2 fully saturated rings. The van der Waals surface area contributed by atoms with Gasteiger partial charge in [0.1, 0.15) is 6.10 Å². The molecule has 1 aromatic rings. The van der Waals surface area contributed by atoms with Crippen molar-refractivity contribution in [1.29, 1.82) is 0 Å². The number of ether oxygens (including phenoxy) is 4. The van der Waals surface area contributed by atoms with Crippen molar-refractivity contribution in [2.45, 2.75) is 69.9 Å². The first-order valence-electron chi connectivity index (χ1n) is 9.93. The fraction of sp³-hybridized carbons (Fsp3) is 0.591. The van der Waals surface area contributed by atoms with Crippen LogP contribution in [0.15, 0.2) is 43.0 Å². The molecule has 0 radical (unpaired) electrons. The van der Waals surface area contributed by atoms with Crippen LogP contribution in [-0.4, -0.2) is 48.8 Å². The lowest BCUT2D eigenvalue weighted by Crippen LogP contribution is -2.60. The van der Waals surface area contributed by atoms with Crippen molar-refractivity contribution in [3.63, 3.8) is 0 Å². The lowest BCUT2D eigenvalue weighted by atomic mass is 9.78. The first-order valence-corrected chi connectivity index (χ1v) is 9.93. The Balaban J connectivity index is 1.86. The highest BCUT2D eigenvalue weighted by Crippen LogP contribution is 2.44. The molecule has 1 saturated carbocycles. The third kappa shape index (κ3) is 4.63. The highest BCUT2D eigenvalue weighted by Gasteiger charge is 2.57. The molecule has 6 nitrogen and oxygen atoms in total. The SMILES string of the molecule is C=CCO[C@H]1C[C@](OCc2ccccc2)(C(=O)NCC)C[C@H]2OC(C)(C)O[C@@H]12. The van der Waals surface area contributed by atoms with E-state index in [1.807, 2.05) is 51.1 Å². The second-order valence-electron chi connectivity index (χ2n) is 7.84. The van der Waals surface area contributed by atoms with E-state index >= 15 is 0 Å². The molecule has 0 aromatic heterocycles. The maximum atomic E-state index is 13.1. The van der Waals surface area contributed by atoms with Gasteiger partial charge in [0.25, 0.3) is 5.91 Å². The lowest BCUT2D eigenvalue weighted by Gasteiger charge is -2.43. The summed E-state index contributed by atoms with van der Waals surface area (Å²) in [6.07, 6.45) is 1.68. The molecular formula is C22H31NO5. The van der Waals surface area contributed by atoms with Crippen molar-refractivity contribution in [3.8, 4) is 0 Å². The van der Waals surface area contributed by atoms with Crippen LogP contribution < -0.4 is 5.32 Å². The molecule has 3 rings (SSSR count). The lowest BCUT2D eigenvalue weighted by molar-refractivity contribution is -0.180. The predicted octanol–water partition coefficient (Wildman–Crippen LogP) is 2.96. The monoisotopic (exact) mass is 389 g/mol. The Morgan fingerprint density at radius 3 is 2.71 bits per heavy atom. The van der Waals surface area contributed by atoms with Gasteiger partial charge in [-0.15, -0.1) is 6.58 Å². The van der Waals surface area contributed by atoms with Crippen LogP contribution >= 0.6 is 0 Å². The van der Waals surface area contributed by atoms with Crippen LogP contribution in [-0.2, 0) is 30.3 Å². The summed E-state index contributed by atoms with van der Waals surface area (Å²) in [6, 6.07) is 9.85. The summed E-state index contributed by atoms with van der Waals surface area (Å²) >= 11 is 0. The van der Waals surface area contributed by atoms with Gasteiger partial charge >= 0.3 is 0 Å². The maximum absolute atomic E-state index is 13.1. The Kier molecular flexibility index (Phi) is 6.55. The zero-order valence-electron chi connectivity index (χ0n) is 17.0. The molecule has 1 saturated heterocycles. The van der Waals surface area contributed by atoms with Crippen LogP contribution in [0, 0.1) is 0 Å². The van der Waals surface area contributed by atoms with Crippen LogP contribution in [0.4, 0.5) is 0 Å². The molecule has 154 valence electrons. The number of carbonyl (C=O) groups is 1. The minimum Gasteiger partial charge on any atom is -0.371 e. The number of nitrogens with one attached hydrogen (secondary N) is 1. The first-order chi connectivity index (χ1) is 13.4. The Hall–Kier alpha value is -1.73. The maximum Gasteiger partial charge on any atom is 0.252 e. The van der Waals surface area contributed by atoms with Crippen LogP contribution in [0.2, 0.25) is 0 Å². The van der Waals surface area contributed by atoms with E-state index in [-0.39, 0.29) is 24.2 Å². The van der Waals surface area contributed by atoms with E-state index in [9.17, 15) is 4.79 Å². The predicted molar refractivity (Wildman–Crippen MR) is 106 cm³/mol. The summed E-state index contributed by atoms with van der Waals surface area (Å²) in [5.41, 5.74) is -0.0244. The molecule has 2 aliphatic rings. The number of hydrogen-bond acceptors (Lipinski definition) is 5. The fourth-order valence-corrected chi connectivity index (χ4v) is 4.02. The molecule has 0 spiro atoms. The Labute approximate surface area is 167 Å². The molecule has 1 N–H and O–H groups in total. The Bertz CT molecular complexity index is 677. The van der Waals surface area contributed by atoms with E-state index in [0.717, 1.165) is 5.56 Å². The summed E-state index contributed by atoms with van der Waals surface area (Å²) in [5, 5.41) is 2.93. The Morgan fingerprint density at radius 1 is 1.29 bits per heavy atom. The highest BCUT2D eigenvalue weighted by molar-refractivity contribution is 5.85. The highest BCUT2D eigenvalue weighted by atomic mass is 16.8. The number of amides is 1. The normalized spacial score (nSPS) is 31.2. The van der Waals surface area contributed by atoms with Gasteiger partial charge in [0.15, 0.2) is 11.4 Å². The van der Waals surface area contributed by atoms with Crippen molar-refractivity contribution in [3.05, 3.63) is 48.6 Å². The topological polar surface area (TPSA) is 66.0 Å². The van der Waals surface area contributed by atoms with Crippen LogP contribution in [0.25, 0.3) is 0 Å². The molecule has 6 heteroatoms. The number of rotatable bonds is 8. The smallest absolute Gasteiger partial charge is 0.252 e. The molecule has 0 bridgehead atoms. The average molecular weight is 389 g/mol. The molecule has 4 atom stereocenters. The molecule has 1 heterocycles. The zero-order chi connectivity index (χ0) is 20.2. The molecule has 1 aliphatic carbocycles. The van der Waals surface area contributed by atoms with Gasteiger partial charge in [-0.25, -0.2) is 0 Å². The average Bonchev–Trinajstić information content (AvgIpc) is 2.99. The first kappa shape index (κ1) is 21.0. The number of hydrogen-bond donors (Lipinski definition) is 1. The summed E-state index contributed by atoms with van der Waals surface area (Å²) in [4.78, 5) is 13.1. The van der Waals surface area contributed by atoms with Gasteiger partial charge in [-0.2, -0.15) is 0 Å². The van der Waals surface area contributed by atoms with Crippen molar-refractivity contribution >= 4 is 5.91 Å². The van der Waals surface area contributed by atoms with Crippen LogP contribution in [0.1, 0.15) is 39.2 Å². The summed E-state index contributed by atoms with van der Waals surface area (Å²) in [7, 11) is 0. The summed E-state index contributed by atoms with van der Waals surface area (Å²) in [6.45, 7) is 10.6. The number of benzene rings is 1. The molecule has 1 aromatic carbocycles. The minimum absolute atomic E-state index is 0.134. The number of fused-ring (bicyclic) bond motifs is 1. The van der Waals surface area contributed by atoms with E-state index in [1.165, 1.54) is 0 Å². The second kappa shape index (κ2) is 8.74. The van der Waals surface area contributed by atoms with E-state index in [1.54, 1.807) is 6.08 Å². The Morgan fingerprint density at radius 2 is 2.04 bits per heavy atom. The van der Waals surface area contributed by atoms with Gasteiger partial charge in [0.2, 0.25) is 0 Å². The number of carbonyl (C=O) groups excluding carboxylic acids is 1. The quantitative estimate of drug-likeness (QED) is 0.693.